The molecule has 0 amide bonds. The van der Waals surface area contributed by atoms with E-state index in [0.717, 1.165) is 11.3 Å². The fraction of sp³-hybridized carbons (Fsp3) is 0. The van der Waals surface area contributed by atoms with Crippen molar-refractivity contribution in [2.45, 2.75) is 0 Å². The number of pyridine rings is 1. The average Bonchev–Trinajstić information content (AvgIpc) is 2.83. The molecule has 6 rings (SSSR count). The molecule has 0 N–H and O–H groups in total. The van der Waals surface area contributed by atoms with Crippen molar-refractivity contribution in [3.8, 4) is 22.4 Å². The normalized spacial score (nSPS) is 11.3. The minimum Gasteiger partial charge on any atom is -0.256 e. The second-order valence-corrected chi connectivity index (χ2v) is 7.68. The molecule has 140 valence electrons. The first-order chi connectivity index (χ1) is 14.9. The van der Waals surface area contributed by atoms with Crippen LogP contribution in [0.25, 0.3) is 54.7 Å². The van der Waals surface area contributed by atoms with Crippen LogP contribution in [0.3, 0.4) is 0 Å². The SMILES string of the molecule is c1ccc2cc(-c3ccc(-c4nccc5c4ccc4ccccc45)cc3)ccc2c1. The van der Waals surface area contributed by atoms with Gasteiger partial charge in [0.2, 0.25) is 0 Å². The standard InChI is InChI=1S/C29H19N/c1-2-7-24-19-25(14-11-20(24)5-1)21-9-12-23(13-10-21)29-28-16-15-22-6-3-4-8-26(22)27(28)17-18-30-29/h1-19H. The largest absolute Gasteiger partial charge is 0.256 e. The molecule has 0 unspecified atom stereocenters. The second kappa shape index (κ2) is 6.82. The van der Waals surface area contributed by atoms with Gasteiger partial charge in [0.1, 0.15) is 0 Å². The van der Waals surface area contributed by atoms with E-state index < -0.39 is 0 Å². The average molecular weight is 381 g/mol. The Morgan fingerprint density at radius 3 is 1.93 bits per heavy atom. The highest BCUT2D eigenvalue weighted by molar-refractivity contribution is 6.11. The van der Waals surface area contributed by atoms with Crippen LogP contribution in [0, 0.1) is 0 Å². The summed E-state index contributed by atoms with van der Waals surface area (Å²) >= 11 is 0. The Morgan fingerprint density at radius 2 is 1.07 bits per heavy atom. The molecule has 1 aromatic heterocycles. The van der Waals surface area contributed by atoms with E-state index in [4.69, 9.17) is 4.98 Å². The summed E-state index contributed by atoms with van der Waals surface area (Å²) in [4.78, 5) is 4.73. The molecular weight excluding hydrogens is 362 g/mol. The first-order valence-corrected chi connectivity index (χ1v) is 10.2. The van der Waals surface area contributed by atoms with Crippen LogP contribution in [0.5, 0.6) is 0 Å². The molecule has 30 heavy (non-hydrogen) atoms. The summed E-state index contributed by atoms with van der Waals surface area (Å²) < 4.78 is 0. The van der Waals surface area contributed by atoms with Gasteiger partial charge in [0.25, 0.3) is 0 Å². The minimum atomic E-state index is 1.03. The fourth-order valence-electron chi connectivity index (χ4n) is 4.36. The number of rotatable bonds is 2. The Balaban J connectivity index is 1.45. The maximum absolute atomic E-state index is 4.73. The predicted octanol–water partition coefficient (Wildman–Crippen LogP) is 7.88. The Labute approximate surface area is 175 Å². The van der Waals surface area contributed by atoms with Crippen LogP contribution < -0.4 is 0 Å². The van der Waals surface area contributed by atoms with Crippen LogP contribution in [-0.2, 0) is 0 Å². The fourth-order valence-corrected chi connectivity index (χ4v) is 4.36. The Hall–Kier alpha value is -3.97. The lowest BCUT2D eigenvalue weighted by atomic mass is 9.97. The van der Waals surface area contributed by atoms with Gasteiger partial charge < -0.3 is 0 Å². The third kappa shape index (κ3) is 2.75. The topological polar surface area (TPSA) is 12.9 Å². The zero-order valence-corrected chi connectivity index (χ0v) is 16.4. The van der Waals surface area contributed by atoms with Gasteiger partial charge in [0.15, 0.2) is 0 Å². The van der Waals surface area contributed by atoms with Gasteiger partial charge in [0.05, 0.1) is 5.69 Å². The maximum Gasteiger partial charge on any atom is 0.0780 e. The number of benzene rings is 5. The van der Waals surface area contributed by atoms with E-state index in [1.54, 1.807) is 0 Å². The van der Waals surface area contributed by atoms with E-state index in [-0.39, 0.29) is 0 Å². The van der Waals surface area contributed by atoms with Crippen molar-refractivity contribution in [3.63, 3.8) is 0 Å². The molecule has 0 fully saturated rings. The van der Waals surface area contributed by atoms with Gasteiger partial charge in [-0.25, -0.2) is 0 Å². The van der Waals surface area contributed by atoms with Crippen LogP contribution >= 0.6 is 0 Å². The number of hydrogen-bond donors (Lipinski definition) is 0. The van der Waals surface area contributed by atoms with Crippen molar-refractivity contribution in [1.29, 1.82) is 0 Å². The number of hydrogen-bond acceptors (Lipinski definition) is 1. The van der Waals surface area contributed by atoms with E-state index in [2.05, 4.69) is 109 Å². The lowest BCUT2D eigenvalue weighted by molar-refractivity contribution is 1.36. The molecule has 0 aliphatic heterocycles. The van der Waals surface area contributed by atoms with Crippen LogP contribution in [0.2, 0.25) is 0 Å². The quantitative estimate of drug-likeness (QED) is 0.278. The minimum absolute atomic E-state index is 1.03. The molecule has 0 atom stereocenters. The Bertz CT molecular complexity index is 1530. The summed E-state index contributed by atoms with van der Waals surface area (Å²) in [6.45, 7) is 0. The van der Waals surface area contributed by atoms with Crippen molar-refractivity contribution in [3.05, 3.63) is 115 Å². The van der Waals surface area contributed by atoms with Crippen LogP contribution in [-0.4, -0.2) is 4.98 Å². The van der Waals surface area contributed by atoms with Gasteiger partial charge >= 0.3 is 0 Å². The van der Waals surface area contributed by atoms with E-state index in [1.165, 1.54) is 43.4 Å². The Morgan fingerprint density at radius 1 is 0.400 bits per heavy atom. The highest BCUT2D eigenvalue weighted by Crippen LogP contribution is 2.33. The summed E-state index contributed by atoms with van der Waals surface area (Å²) in [5.41, 5.74) is 4.62. The van der Waals surface area contributed by atoms with Gasteiger partial charge in [-0.1, -0.05) is 97.1 Å². The molecule has 0 aliphatic carbocycles. The highest BCUT2D eigenvalue weighted by Gasteiger charge is 2.08. The molecule has 6 aromatic rings. The van der Waals surface area contributed by atoms with Gasteiger partial charge in [-0.2, -0.15) is 0 Å². The number of aromatic nitrogens is 1. The van der Waals surface area contributed by atoms with Gasteiger partial charge in [-0.3, -0.25) is 4.98 Å². The molecular formula is C29H19N. The molecule has 0 radical (unpaired) electrons. The first-order valence-electron chi connectivity index (χ1n) is 10.2. The van der Waals surface area contributed by atoms with E-state index in [1.807, 2.05) is 6.20 Å². The molecule has 0 bridgehead atoms. The predicted molar refractivity (Wildman–Crippen MR) is 128 cm³/mol. The smallest absolute Gasteiger partial charge is 0.0780 e. The maximum atomic E-state index is 4.73. The van der Waals surface area contributed by atoms with Crippen molar-refractivity contribution >= 4 is 32.3 Å². The number of fused-ring (bicyclic) bond motifs is 4. The lowest BCUT2D eigenvalue weighted by Gasteiger charge is -2.10. The summed E-state index contributed by atoms with van der Waals surface area (Å²) in [6.07, 6.45) is 1.92. The molecule has 1 heteroatoms. The zero-order chi connectivity index (χ0) is 19.9. The van der Waals surface area contributed by atoms with Crippen LogP contribution in [0.4, 0.5) is 0 Å². The van der Waals surface area contributed by atoms with E-state index in [0.29, 0.717) is 0 Å². The van der Waals surface area contributed by atoms with E-state index in [9.17, 15) is 0 Å². The monoisotopic (exact) mass is 381 g/mol. The summed E-state index contributed by atoms with van der Waals surface area (Å²) in [6, 6.07) is 38.9. The van der Waals surface area contributed by atoms with Crippen molar-refractivity contribution < 1.29 is 0 Å². The second-order valence-electron chi connectivity index (χ2n) is 7.68. The molecule has 5 aromatic carbocycles. The summed E-state index contributed by atoms with van der Waals surface area (Å²) in [5, 5.41) is 7.50. The lowest BCUT2D eigenvalue weighted by Crippen LogP contribution is -1.87. The third-order valence-corrected chi connectivity index (χ3v) is 5.91. The van der Waals surface area contributed by atoms with Gasteiger partial charge in [-0.15, -0.1) is 0 Å². The van der Waals surface area contributed by atoms with Crippen molar-refractivity contribution in [2.24, 2.45) is 0 Å². The zero-order valence-electron chi connectivity index (χ0n) is 16.4. The summed E-state index contributed by atoms with van der Waals surface area (Å²) in [7, 11) is 0. The van der Waals surface area contributed by atoms with Gasteiger partial charge in [0, 0.05) is 17.1 Å². The van der Waals surface area contributed by atoms with Crippen LogP contribution in [0.15, 0.2) is 115 Å². The first kappa shape index (κ1) is 16.9. The van der Waals surface area contributed by atoms with Crippen molar-refractivity contribution in [2.75, 3.05) is 0 Å². The molecule has 0 spiro atoms. The molecule has 0 saturated carbocycles. The van der Waals surface area contributed by atoms with Crippen LogP contribution in [0.1, 0.15) is 0 Å². The molecule has 0 saturated heterocycles. The number of nitrogens with zero attached hydrogens (tertiary/aromatic N) is 1. The van der Waals surface area contributed by atoms with Gasteiger partial charge in [-0.05, 0) is 50.2 Å². The molecule has 0 aliphatic rings. The third-order valence-electron chi connectivity index (χ3n) is 5.91. The highest BCUT2D eigenvalue weighted by atomic mass is 14.7. The van der Waals surface area contributed by atoms with E-state index >= 15 is 0 Å². The summed E-state index contributed by atoms with van der Waals surface area (Å²) in [5.74, 6) is 0. The molecule has 1 heterocycles. The molecule has 1 nitrogen and oxygen atoms in total. The van der Waals surface area contributed by atoms with Crippen molar-refractivity contribution in [1.82, 2.24) is 4.98 Å². The Kier molecular flexibility index (Phi) is 3.85.